The number of nitro groups is 1. The van der Waals surface area contributed by atoms with Crippen LogP contribution in [0.1, 0.15) is 17.3 Å². The lowest BCUT2D eigenvalue weighted by atomic mass is 10.1. The van der Waals surface area contributed by atoms with E-state index in [0.29, 0.717) is 5.56 Å². The third-order valence-corrected chi connectivity index (χ3v) is 3.10. The highest BCUT2D eigenvalue weighted by molar-refractivity contribution is 9.10. The van der Waals surface area contributed by atoms with Gasteiger partial charge in [0.1, 0.15) is 5.75 Å². The van der Waals surface area contributed by atoms with Crippen LogP contribution in [-0.2, 0) is 0 Å². The van der Waals surface area contributed by atoms with E-state index >= 15 is 0 Å². The normalized spacial score (nSPS) is 10.1. The van der Waals surface area contributed by atoms with E-state index in [1.807, 2.05) is 0 Å². The summed E-state index contributed by atoms with van der Waals surface area (Å²) in [7, 11) is 0. The van der Waals surface area contributed by atoms with Crippen LogP contribution in [0, 0.1) is 10.1 Å². The van der Waals surface area contributed by atoms with Crippen molar-refractivity contribution < 1.29 is 14.5 Å². The molecule has 2 aromatic rings. The summed E-state index contributed by atoms with van der Waals surface area (Å²) in [6, 6.07) is 10.9. The summed E-state index contributed by atoms with van der Waals surface area (Å²) < 4.78 is 6.27. The van der Waals surface area contributed by atoms with Crippen LogP contribution < -0.4 is 4.74 Å². The molecule has 102 valence electrons. The predicted molar refractivity (Wildman–Crippen MR) is 77.3 cm³/mol. The number of hydrogen-bond acceptors (Lipinski definition) is 4. The predicted octanol–water partition coefficient (Wildman–Crippen LogP) is 4.35. The third-order valence-electron chi connectivity index (χ3n) is 2.60. The first-order valence-corrected chi connectivity index (χ1v) is 6.50. The Morgan fingerprint density at radius 1 is 1.20 bits per heavy atom. The summed E-state index contributed by atoms with van der Waals surface area (Å²) in [6.45, 7) is 1.41. The van der Waals surface area contributed by atoms with Crippen LogP contribution in [0.2, 0.25) is 0 Å². The number of ether oxygens (including phenoxy) is 1. The molecule has 0 atom stereocenters. The Balaban J connectivity index is 2.47. The molecule has 0 fully saturated rings. The number of carbonyl (C=O) groups is 1. The fourth-order valence-electron chi connectivity index (χ4n) is 1.68. The summed E-state index contributed by atoms with van der Waals surface area (Å²) in [4.78, 5) is 22.0. The van der Waals surface area contributed by atoms with E-state index in [1.54, 1.807) is 30.3 Å². The number of Topliss-reactive ketones (excluding diaryl/α,β-unsaturated/α-hetero) is 1. The van der Waals surface area contributed by atoms with E-state index in [9.17, 15) is 14.9 Å². The fourth-order valence-corrected chi connectivity index (χ4v) is 2.02. The minimum absolute atomic E-state index is 0.0955. The molecular formula is C14H10BrNO4. The number of carbonyl (C=O) groups excluding carboxylic acids is 1. The zero-order chi connectivity index (χ0) is 14.7. The third kappa shape index (κ3) is 3.03. The van der Waals surface area contributed by atoms with Gasteiger partial charge in [-0.25, -0.2) is 0 Å². The lowest BCUT2D eigenvalue weighted by Crippen LogP contribution is -1.99. The molecule has 0 aliphatic heterocycles. The first-order chi connectivity index (χ1) is 9.49. The van der Waals surface area contributed by atoms with Gasteiger partial charge in [0.2, 0.25) is 5.75 Å². The number of ketones is 1. The van der Waals surface area contributed by atoms with Gasteiger partial charge in [0.25, 0.3) is 0 Å². The summed E-state index contributed by atoms with van der Waals surface area (Å²) in [5.41, 5.74) is 0.216. The van der Waals surface area contributed by atoms with E-state index < -0.39 is 4.92 Å². The second kappa shape index (κ2) is 5.83. The Morgan fingerprint density at radius 3 is 2.55 bits per heavy atom. The van der Waals surface area contributed by atoms with E-state index in [1.165, 1.54) is 19.1 Å². The minimum atomic E-state index is -0.527. The summed E-state index contributed by atoms with van der Waals surface area (Å²) >= 11 is 3.28. The molecule has 0 saturated carbocycles. The molecule has 0 spiro atoms. The maximum atomic E-state index is 11.6. The number of nitrogens with zero attached hydrogens (tertiary/aromatic N) is 1. The molecule has 0 N–H and O–H groups in total. The molecule has 2 aromatic carbocycles. The Labute approximate surface area is 123 Å². The van der Waals surface area contributed by atoms with Crippen molar-refractivity contribution in [1.82, 2.24) is 0 Å². The van der Waals surface area contributed by atoms with Gasteiger partial charge in [-0.2, -0.15) is 0 Å². The largest absolute Gasteiger partial charge is 0.449 e. The van der Waals surface area contributed by atoms with Gasteiger partial charge in [-0.05, 0) is 31.2 Å². The molecule has 0 amide bonds. The maximum Gasteiger partial charge on any atom is 0.311 e. The highest BCUT2D eigenvalue weighted by Gasteiger charge is 2.17. The molecular weight excluding hydrogens is 326 g/mol. The molecule has 0 unspecified atom stereocenters. The Morgan fingerprint density at radius 2 is 1.90 bits per heavy atom. The average Bonchev–Trinajstić information content (AvgIpc) is 2.38. The molecule has 5 nitrogen and oxygen atoms in total. The lowest BCUT2D eigenvalue weighted by Gasteiger charge is -2.10. The van der Waals surface area contributed by atoms with Crippen LogP contribution in [0.15, 0.2) is 46.9 Å². The molecule has 2 rings (SSSR count). The van der Waals surface area contributed by atoms with Crippen molar-refractivity contribution in [3.05, 3.63) is 62.6 Å². The topological polar surface area (TPSA) is 69.4 Å². The van der Waals surface area contributed by atoms with Gasteiger partial charge in [0.05, 0.1) is 10.5 Å². The number of nitro benzene ring substituents is 1. The van der Waals surface area contributed by atoms with Gasteiger partial charge in [-0.1, -0.05) is 28.1 Å². The lowest BCUT2D eigenvalue weighted by molar-refractivity contribution is -0.385. The first kappa shape index (κ1) is 14.2. The summed E-state index contributed by atoms with van der Waals surface area (Å²) in [5, 5.41) is 10.9. The van der Waals surface area contributed by atoms with E-state index in [4.69, 9.17) is 4.74 Å². The highest BCUT2D eigenvalue weighted by atomic mass is 79.9. The molecule has 0 radical (unpaired) electrons. The van der Waals surface area contributed by atoms with Crippen molar-refractivity contribution in [2.45, 2.75) is 6.92 Å². The Bertz CT molecular complexity index is 685. The van der Waals surface area contributed by atoms with Crippen LogP contribution >= 0.6 is 15.9 Å². The molecule has 6 heteroatoms. The second-order valence-electron chi connectivity index (χ2n) is 4.02. The van der Waals surface area contributed by atoms with Crippen LogP contribution in [-0.4, -0.2) is 10.7 Å². The number of rotatable bonds is 4. The molecule has 20 heavy (non-hydrogen) atoms. The van der Waals surface area contributed by atoms with Crippen molar-refractivity contribution >= 4 is 27.4 Å². The Kier molecular flexibility index (Phi) is 4.14. The van der Waals surface area contributed by atoms with Gasteiger partial charge in [0.15, 0.2) is 5.78 Å². The van der Waals surface area contributed by atoms with Gasteiger partial charge < -0.3 is 4.74 Å². The number of hydrogen-bond donors (Lipinski definition) is 0. The average molecular weight is 336 g/mol. The highest BCUT2D eigenvalue weighted by Crippen LogP contribution is 2.34. The minimum Gasteiger partial charge on any atom is -0.449 e. The number of halogens is 1. The second-order valence-corrected chi connectivity index (χ2v) is 4.94. The van der Waals surface area contributed by atoms with E-state index in [0.717, 1.165) is 4.47 Å². The van der Waals surface area contributed by atoms with Crippen LogP contribution in [0.4, 0.5) is 5.69 Å². The SMILES string of the molecule is CC(=O)c1ccc(Br)cc1Oc1ccccc1[N+](=O)[O-]. The summed E-state index contributed by atoms with van der Waals surface area (Å²) in [6.07, 6.45) is 0. The standard InChI is InChI=1S/C14H10BrNO4/c1-9(17)11-7-6-10(15)8-14(11)20-13-5-3-2-4-12(13)16(18)19/h2-8H,1H3. The zero-order valence-electron chi connectivity index (χ0n) is 10.5. The van der Waals surface area contributed by atoms with Gasteiger partial charge in [-0.15, -0.1) is 0 Å². The molecule has 0 heterocycles. The Hall–Kier alpha value is -2.21. The molecule has 0 aliphatic rings. The van der Waals surface area contributed by atoms with Crippen molar-refractivity contribution in [3.63, 3.8) is 0 Å². The quantitative estimate of drug-likeness (QED) is 0.473. The van der Waals surface area contributed by atoms with Crippen molar-refractivity contribution in [2.24, 2.45) is 0 Å². The molecule has 0 bridgehead atoms. The van der Waals surface area contributed by atoms with Crippen molar-refractivity contribution in [2.75, 3.05) is 0 Å². The molecule has 0 saturated heterocycles. The summed E-state index contributed by atoms with van der Waals surface area (Å²) in [5.74, 6) is 0.199. The van der Waals surface area contributed by atoms with Crippen LogP contribution in [0.25, 0.3) is 0 Å². The fraction of sp³-hybridized carbons (Fsp3) is 0.0714. The first-order valence-electron chi connectivity index (χ1n) is 5.71. The van der Waals surface area contributed by atoms with Crippen molar-refractivity contribution in [1.29, 1.82) is 0 Å². The molecule has 0 aromatic heterocycles. The molecule has 0 aliphatic carbocycles. The van der Waals surface area contributed by atoms with Crippen molar-refractivity contribution in [3.8, 4) is 11.5 Å². The number of para-hydroxylation sites is 2. The number of benzene rings is 2. The van der Waals surface area contributed by atoms with Gasteiger partial charge >= 0.3 is 5.69 Å². The monoisotopic (exact) mass is 335 g/mol. The zero-order valence-corrected chi connectivity index (χ0v) is 12.1. The smallest absolute Gasteiger partial charge is 0.311 e. The van der Waals surface area contributed by atoms with Crippen LogP contribution in [0.3, 0.4) is 0 Å². The van der Waals surface area contributed by atoms with E-state index in [-0.39, 0.29) is 23.0 Å². The maximum absolute atomic E-state index is 11.6. The van der Waals surface area contributed by atoms with Crippen LogP contribution in [0.5, 0.6) is 11.5 Å². The van der Waals surface area contributed by atoms with Gasteiger partial charge in [0, 0.05) is 10.5 Å². The van der Waals surface area contributed by atoms with E-state index in [2.05, 4.69) is 15.9 Å². The van der Waals surface area contributed by atoms with Gasteiger partial charge in [-0.3, -0.25) is 14.9 Å².